The molecule has 0 atom stereocenters. The summed E-state index contributed by atoms with van der Waals surface area (Å²) in [6.07, 6.45) is 3.05. The molecular weight excluding hydrogens is 312 g/mol. The fourth-order valence-corrected chi connectivity index (χ4v) is 2.10. The van der Waals surface area contributed by atoms with Crippen LogP contribution in [0.3, 0.4) is 0 Å². The summed E-state index contributed by atoms with van der Waals surface area (Å²) in [5.41, 5.74) is 14.2. The second kappa shape index (κ2) is 9.14. The maximum atomic E-state index is 9.46. The minimum absolute atomic E-state index is 0.0871. The molecular formula is C16H24N4O4. The molecule has 0 aromatic carbocycles. The first kappa shape index (κ1) is 19.8. The van der Waals surface area contributed by atoms with Gasteiger partial charge in [-0.1, -0.05) is 0 Å². The van der Waals surface area contributed by atoms with Crippen molar-refractivity contribution in [2.24, 2.45) is 11.5 Å². The number of aliphatic hydroxyl groups excluding tert-OH is 2. The van der Waals surface area contributed by atoms with Gasteiger partial charge in [0, 0.05) is 47.7 Å². The summed E-state index contributed by atoms with van der Waals surface area (Å²) in [7, 11) is 0. The van der Waals surface area contributed by atoms with Crippen molar-refractivity contribution >= 4 is 0 Å². The molecule has 0 spiro atoms. The predicted octanol–water partition coefficient (Wildman–Crippen LogP) is 0.0932. The third-order valence-corrected chi connectivity index (χ3v) is 3.61. The number of aromatic nitrogens is 2. The van der Waals surface area contributed by atoms with E-state index in [9.17, 15) is 10.2 Å². The van der Waals surface area contributed by atoms with Crippen LogP contribution in [-0.4, -0.2) is 30.4 Å². The molecule has 132 valence electrons. The number of nitrogens with zero attached hydrogens (tertiary/aromatic N) is 2. The molecule has 8 nitrogen and oxygen atoms in total. The lowest BCUT2D eigenvalue weighted by Gasteiger charge is -2.08. The van der Waals surface area contributed by atoms with Crippen LogP contribution in [0.15, 0.2) is 12.4 Å². The van der Waals surface area contributed by atoms with Gasteiger partial charge >= 0.3 is 0 Å². The van der Waals surface area contributed by atoms with Gasteiger partial charge in [0.15, 0.2) is 0 Å². The van der Waals surface area contributed by atoms with Gasteiger partial charge in [-0.25, -0.2) is 0 Å². The second-order valence-corrected chi connectivity index (χ2v) is 5.12. The third kappa shape index (κ3) is 4.39. The second-order valence-electron chi connectivity index (χ2n) is 5.12. The molecule has 0 radical (unpaired) electrons. The number of aryl methyl sites for hydroxylation is 2. The summed E-state index contributed by atoms with van der Waals surface area (Å²) in [5.74, 6) is 0.174. The summed E-state index contributed by atoms with van der Waals surface area (Å²) in [5, 5.41) is 36.6. The van der Waals surface area contributed by atoms with Crippen LogP contribution in [0.4, 0.5) is 0 Å². The van der Waals surface area contributed by atoms with Crippen LogP contribution >= 0.6 is 0 Å². The molecule has 2 aromatic rings. The van der Waals surface area contributed by atoms with E-state index in [0.29, 0.717) is 33.6 Å². The summed E-state index contributed by atoms with van der Waals surface area (Å²) in [6, 6.07) is 0. The van der Waals surface area contributed by atoms with Crippen molar-refractivity contribution in [2.45, 2.75) is 40.2 Å². The van der Waals surface area contributed by atoms with Crippen molar-refractivity contribution < 1.29 is 20.4 Å². The average Bonchev–Trinajstić information content (AvgIpc) is 2.59. The molecule has 0 aliphatic heterocycles. The zero-order valence-corrected chi connectivity index (χ0v) is 13.8. The molecule has 24 heavy (non-hydrogen) atoms. The fraction of sp³-hybridized carbons (Fsp3) is 0.375. The molecule has 2 heterocycles. The summed E-state index contributed by atoms with van der Waals surface area (Å²) < 4.78 is 0. The van der Waals surface area contributed by atoms with E-state index in [0.717, 1.165) is 0 Å². The Kier molecular flexibility index (Phi) is 7.53. The first-order valence-corrected chi connectivity index (χ1v) is 7.35. The van der Waals surface area contributed by atoms with Crippen molar-refractivity contribution in [3.63, 3.8) is 0 Å². The minimum Gasteiger partial charge on any atom is -0.506 e. The van der Waals surface area contributed by atoms with E-state index < -0.39 is 0 Å². The van der Waals surface area contributed by atoms with Crippen molar-refractivity contribution in [1.82, 2.24) is 9.97 Å². The van der Waals surface area contributed by atoms with Gasteiger partial charge < -0.3 is 31.9 Å². The van der Waals surface area contributed by atoms with Gasteiger partial charge in [-0.05, 0) is 13.8 Å². The average molecular weight is 336 g/mol. The maximum absolute atomic E-state index is 9.46. The highest BCUT2D eigenvalue weighted by Crippen LogP contribution is 2.23. The van der Waals surface area contributed by atoms with E-state index in [4.69, 9.17) is 21.7 Å². The number of rotatable bonds is 4. The Morgan fingerprint density at radius 2 is 1.12 bits per heavy atom. The van der Waals surface area contributed by atoms with Crippen LogP contribution in [0, 0.1) is 13.8 Å². The monoisotopic (exact) mass is 336 g/mol. The smallest absolute Gasteiger partial charge is 0.141 e. The highest BCUT2D eigenvalue weighted by atomic mass is 16.3. The lowest BCUT2D eigenvalue weighted by atomic mass is 10.1. The molecule has 0 saturated heterocycles. The van der Waals surface area contributed by atoms with Gasteiger partial charge in [-0.2, -0.15) is 0 Å². The Morgan fingerprint density at radius 3 is 1.38 bits per heavy atom. The fourth-order valence-electron chi connectivity index (χ4n) is 2.10. The normalized spacial score (nSPS) is 10.2. The van der Waals surface area contributed by atoms with Crippen molar-refractivity contribution in [2.75, 3.05) is 0 Å². The molecule has 8 N–H and O–H groups in total. The number of hydrogen-bond acceptors (Lipinski definition) is 8. The SMILES string of the molecule is Cc1ncc(CO)c(CN)c1O.Cc1ncc(CO)c(CN)c1O. The van der Waals surface area contributed by atoms with E-state index in [1.54, 1.807) is 13.8 Å². The van der Waals surface area contributed by atoms with E-state index >= 15 is 0 Å². The molecule has 0 unspecified atom stereocenters. The third-order valence-electron chi connectivity index (χ3n) is 3.61. The molecule has 2 aromatic heterocycles. The van der Waals surface area contributed by atoms with Crippen molar-refractivity contribution in [3.05, 3.63) is 46.0 Å². The summed E-state index contributed by atoms with van der Waals surface area (Å²) >= 11 is 0. The largest absolute Gasteiger partial charge is 0.506 e. The van der Waals surface area contributed by atoms with Crippen LogP contribution in [-0.2, 0) is 26.3 Å². The standard InChI is InChI=1S/2C8H12N2O2/c2*1-5-8(12)7(2-9)6(4-11)3-10-5/h2*3,11-12H,2,4,9H2,1H3. The number of aliphatic hydroxyl groups is 2. The minimum atomic E-state index is -0.145. The zero-order valence-electron chi connectivity index (χ0n) is 13.8. The van der Waals surface area contributed by atoms with Gasteiger partial charge in [-0.3, -0.25) is 9.97 Å². The Morgan fingerprint density at radius 1 is 0.792 bits per heavy atom. The van der Waals surface area contributed by atoms with Gasteiger partial charge in [-0.15, -0.1) is 0 Å². The molecule has 0 amide bonds. The van der Waals surface area contributed by atoms with E-state index in [1.807, 2.05) is 0 Å². The van der Waals surface area contributed by atoms with E-state index in [2.05, 4.69) is 9.97 Å². The number of hydrogen-bond donors (Lipinski definition) is 6. The molecule has 2 rings (SSSR count). The molecule has 0 aliphatic rings. The predicted molar refractivity (Wildman–Crippen MR) is 88.9 cm³/mol. The first-order chi connectivity index (χ1) is 11.4. The first-order valence-electron chi connectivity index (χ1n) is 7.35. The molecule has 0 fully saturated rings. The number of pyridine rings is 2. The van der Waals surface area contributed by atoms with Crippen LogP contribution in [0.1, 0.15) is 33.6 Å². The lowest BCUT2D eigenvalue weighted by molar-refractivity contribution is 0.278. The van der Waals surface area contributed by atoms with Gasteiger partial charge in [0.25, 0.3) is 0 Å². The highest BCUT2D eigenvalue weighted by molar-refractivity contribution is 5.41. The molecule has 0 bridgehead atoms. The van der Waals surface area contributed by atoms with Gasteiger partial charge in [0.2, 0.25) is 0 Å². The quantitative estimate of drug-likeness (QED) is 0.458. The van der Waals surface area contributed by atoms with Crippen molar-refractivity contribution in [3.8, 4) is 11.5 Å². The Labute approximate surface area is 140 Å². The molecule has 8 heteroatoms. The number of nitrogens with two attached hydrogens (primary N) is 2. The van der Waals surface area contributed by atoms with Crippen LogP contribution in [0.25, 0.3) is 0 Å². The molecule has 0 aliphatic carbocycles. The highest BCUT2D eigenvalue weighted by Gasteiger charge is 2.09. The lowest BCUT2D eigenvalue weighted by Crippen LogP contribution is -2.04. The number of aromatic hydroxyl groups is 2. The maximum Gasteiger partial charge on any atom is 0.141 e. The summed E-state index contributed by atoms with van der Waals surface area (Å²) in [4.78, 5) is 7.79. The van der Waals surface area contributed by atoms with E-state index in [-0.39, 0.29) is 37.8 Å². The van der Waals surface area contributed by atoms with Crippen molar-refractivity contribution in [1.29, 1.82) is 0 Å². The van der Waals surface area contributed by atoms with Gasteiger partial charge in [0.05, 0.1) is 24.6 Å². The molecule has 0 saturated carbocycles. The summed E-state index contributed by atoms with van der Waals surface area (Å²) in [6.45, 7) is 3.52. The topological polar surface area (TPSA) is 159 Å². The Balaban J connectivity index is 0.000000240. The van der Waals surface area contributed by atoms with Crippen LogP contribution in [0.2, 0.25) is 0 Å². The van der Waals surface area contributed by atoms with Crippen LogP contribution < -0.4 is 11.5 Å². The van der Waals surface area contributed by atoms with Gasteiger partial charge in [0.1, 0.15) is 11.5 Å². The Hall–Kier alpha value is -2.26. The zero-order chi connectivity index (χ0) is 18.3. The van der Waals surface area contributed by atoms with Crippen LogP contribution in [0.5, 0.6) is 11.5 Å². The van der Waals surface area contributed by atoms with E-state index in [1.165, 1.54) is 12.4 Å². The Bertz CT molecular complexity index is 633.